The number of aryl methyl sites for hydroxylation is 1. The van der Waals surface area contributed by atoms with Crippen LogP contribution in [0.3, 0.4) is 0 Å². The van der Waals surface area contributed by atoms with E-state index in [1.165, 1.54) is 10.9 Å². The van der Waals surface area contributed by atoms with E-state index in [1.54, 1.807) is 6.33 Å². The SMILES string of the molecule is Cc1cc(N2CCN(c3cc(-c4ccccc4)ncn3)CC2)nc2ccccc12. The van der Waals surface area contributed by atoms with Gasteiger partial charge >= 0.3 is 0 Å². The molecule has 4 aromatic rings. The predicted molar refractivity (Wildman–Crippen MR) is 118 cm³/mol. The maximum absolute atomic E-state index is 4.89. The van der Waals surface area contributed by atoms with Gasteiger partial charge < -0.3 is 9.80 Å². The molecule has 0 unspecified atom stereocenters. The summed E-state index contributed by atoms with van der Waals surface area (Å²) in [5, 5.41) is 1.23. The van der Waals surface area contributed by atoms with Gasteiger partial charge in [0, 0.05) is 43.2 Å². The van der Waals surface area contributed by atoms with E-state index in [1.807, 2.05) is 18.2 Å². The first-order valence-electron chi connectivity index (χ1n) is 10.0. The van der Waals surface area contributed by atoms with Crippen molar-refractivity contribution in [2.45, 2.75) is 6.92 Å². The number of aromatic nitrogens is 3. The lowest BCUT2D eigenvalue weighted by Crippen LogP contribution is -2.47. The molecular weight excluding hydrogens is 358 g/mol. The Hall–Kier alpha value is -3.47. The molecule has 0 bridgehead atoms. The quantitative estimate of drug-likeness (QED) is 0.529. The second kappa shape index (κ2) is 7.51. The molecule has 0 radical (unpaired) electrons. The van der Waals surface area contributed by atoms with Gasteiger partial charge in [-0.25, -0.2) is 15.0 Å². The van der Waals surface area contributed by atoms with Crippen molar-refractivity contribution in [1.82, 2.24) is 15.0 Å². The Labute approximate surface area is 170 Å². The number of para-hydroxylation sites is 1. The number of hydrogen-bond donors (Lipinski definition) is 0. The van der Waals surface area contributed by atoms with E-state index in [0.717, 1.165) is 54.6 Å². The molecule has 1 saturated heterocycles. The molecule has 0 amide bonds. The largest absolute Gasteiger partial charge is 0.353 e. The molecular formula is C24H23N5. The monoisotopic (exact) mass is 381 g/mol. The lowest BCUT2D eigenvalue weighted by atomic mass is 10.1. The molecule has 2 aromatic carbocycles. The Balaban J connectivity index is 1.33. The molecule has 0 spiro atoms. The van der Waals surface area contributed by atoms with E-state index >= 15 is 0 Å². The van der Waals surface area contributed by atoms with Crippen LogP contribution in [0.1, 0.15) is 5.56 Å². The lowest BCUT2D eigenvalue weighted by Gasteiger charge is -2.36. The Kier molecular flexibility index (Phi) is 4.56. The third kappa shape index (κ3) is 3.51. The van der Waals surface area contributed by atoms with Crippen LogP contribution in [-0.4, -0.2) is 41.1 Å². The molecule has 2 aromatic heterocycles. The standard InChI is InChI=1S/C24H23N5/c1-18-15-24(27-21-10-6-5-9-20(18)21)29-13-11-28(12-14-29)23-16-22(25-17-26-23)19-7-3-2-4-8-19/h2-10,15-17H,11-14H2,1H3. The van der Waals surface area contributed by atoms with E-state index in [2.05, 4.69) is 75.2 Å². The summed E-state index contributed by atoms with van der Waals surface area (Å²) in [4.78, 5) is 18.6. The van der Waals surface area contributed by atoms with Crippen molar-refractivity contribution in [3.05, 3.63) is 78.6 Å². The third-order valence-electron chi connectivity index (χ3n) is 5.56. The zero-order chi connectivity index (χ0) is 19.6. The second-order valence-electron chi connectivity index (χ2n) is 7.42. The lowest BCUT2D eigenvalue weighted by molar-refractivity contribution is 0.642. The van der Waals surface area contributed by atoms with Crippen molar-refractivity contribution in [2.24, 2.45) is 0 Å². The number of hydrogen-bond acceptors (Lipinski definition) is 5. The van der Waals surface area contributed by atoms with Gasteiger partial charge in [-0.15, -0.1) is 0 Å². The molecule has 5 nitrogen and oxygen atoms in total. The second-order valence-corrected chi connectivity index (χ2v) is 7.42. The minimum Gasteiger partial charge on any atom is -0.353 e. The van der Waals surface area contributed by atoms with Gasteiger partial charge in [-0.2, -0.15) is 0 Å². The molecule has 3 heterocycles. The van der Waals surface area contributed by atoms with Crippen LogP contribution >= 0.6 is 0 Å². The van der Waals surface area contributed by atoms with Crippen LogP contribution in [0.15, 0.2) is 73.1 Å². The number of pyridine rings is 1. The predicted octanol–water partition coefficient (Wildman–Crippen LogP) is 4.33. The average Bonchev–Trinajstić information content (AvgIpc) is 2.80. The molecule has 1 fully saturated rings. The molecule has 5 heteroatoms. The maximum atomic E-state index is 4.89. The van der Waals surface area contributed by atoms with Crippen molar-refractivity contribution in [3.63, 3.8) is 0 Å². The highest BCUT2D eigenvalue weighted by Crippen LogP contribution is 2.25. The van der Waals surface area contributed by atoms with Gasteiger partial charge in [0.05, 0.1) is 11.2 Å². The Morgan fingerprint density at radius 2 is 1.41 bits per heavy atom. The number of piperazine rings is 1. The molecule has 0 atom stereocenters. The highest BCUT2D eigenvalue weighted by molar-refractivity contribution is 5.83. The highest BCUT2D eigenvalue weighted by Gasteiger charge is 2.20. The van der Waals surface area contributed by atoms with Crippen LogP contribution in [0.4, 0.5) is 11.6 Å². The molecule has 0 N–H and O–H groups in total. The van der Waals surface area contributed by atoms with Gasteiger partial charge in [0.2, 0.25) is 0 Å². The van der Waals surface area contributed by atoms with Gasteiger partial charge in [-0.1, -0.05) is 48.5 Å². The minimum absolute atomic E-state index is 0.915. The van der Waals surface area contributed by atoms with Crippen LogP contribution in [0.5, 0.6) is 0 Å². The summed E-state index contributed by atoms with van der Waals surface area (Å²) >= 11 is 0. The fourth-order valence-electron chi connectivity index (χ4n) is 3.95. The van der Waals surface area contributed by atoms with Crippen LogP contribution in [-0.2, 0) is 0 Å². The smallest absolute Gasteiger partial charge is 0.132 e. The van der Waals surface area contributed by atoms with Crippen molar-refractivity contribution in [2.75, 3.05) is 36.0 Å². The van der Waals surface area contributed by atoms with E-state index in [4.69, 9.17) is 4.98 Å². The molecule has 1 aliphatic rings. The molecule has 0 aliphatic carbocycles. The third-order valence-corrected chi connectivity index (χ3v) is 5.56. The zero-order valence-corrected chi connectivity index (χ0v) is 16.5. The summed E-state index contributed by atoms with van der Waals surface area (Å²) in [6.45, 7) is 5.85. The van der Waals surface area contributed by atoms with Gasteiger partial charge in [0.1, 0.15) is 18.0 Å². The van der Waals surface area contributed by atoms with Crippen LogP contribution in [0.2, 0.25) is 0 Å². The normalized spacial score (nSPS) is 14.4. The summed E-state index contributed by atoms with van der Waals surface area (Å²) in [6.07, 6.45) is 1.66. The van der Waals surface area contributed by atoms with Gasteiger partial charge in [0.25, 0.3) is 0 Å². The maximum Gasteiger partial charge on any atom is 0.132 e. The summed E-state index contributed by atoms with van der Waals surface area (Å²) in [7, 11) is 0. The van der Waals surface area contributed by atoms with Crippen LogP contribution < -0.4 is 9.80 Å². The summed E-state index contributed by atoms with van der Waals surface area (Å²) in [5.74, 6) is 2.05. The number of anilines is 2. The fourth-order valence-corrected chi connectivity index (χ4v) is 3.95. The van der Waals surface area contributed by atoms with Gasteiger partial charge in [0.15, 0.2) is 0 Å². The molecule has 1 aliphatic heterocycles. The van der Waals surface area contributed by atoms with Crippen molar-refractivity contribution in [1.29, 1.82) is 0 Å². The topological polar surface area (TPSA) is 45.2 Å². The summed E-state index contributed by atoms with van der Waals surface area (Å²) in [6, 6.07) is 22.9. The first-order chi connectivity index (χ1) is 14.3. The molecule has 29 heavy (non-hydrogen) atoms. The number of rotatable bonds is 3. The van der Waals surface area contributed by atoms with Crippen molar-refractivity contribution < 1.29 is 0 Å². The van der Waals surface area contributed by atoms with E-state index in [0.29, 0.717) is 0 Å². The van der Waals surface area contributed by atoms with E-state index in [9.17, 15) is 0 Å². The molecule has 0 saturated carbocycles. The molecule has 5 rings (SSSR count). The van der Waals surface area contributed by atoms with Crippen LogP contribution in [0, 0.1) is 6.92 Å². The minimum atomic E-state index is 0.915. The number of fused-ring (bicyclic) bond motifs is 1. The summed E-state index contributed by atoms with van der Waals surface area (Å²) in [5.41, 5.74) is 4.42. The van der Waals surface area contributed by atoms with Crippen molar-refractivity contribution in [3.8, 4) is 11.3 Å². The zero-order valence-electron chi connectivity index (χ0n) is 16.5. The summed E-state index contributed by atoms with van der Waals surface area (Å²) < 4.78 is 0. The van der Waals surface area contributed by atoms with Crippen LogP contribution in [0.25, 0.3) is 22.2 Å². The first kappa shape index (κ1) is 17.6. The Morgan fingerprint density at radius 3 is 2.21 bits per heavy atom. The van der Waals surface area contributed by atoms with E-state index in [-0.39, 0.29) is 0 Å². The molecule has 144 valence electrons. The van der Waals surface area contributed by atoms with E-state index < -0.39 is 0 Å². The fraction of sp³-hybridized carbons (Fsp3) is 0.208. The average molecular weight is 381 g/mol. The van der Waals surface area contributed by atoms with Gasteiger partial charge in [-0.05, 0) is 24.6 Å². The first-order valence-corrected chi connectivity index (χ1v) is 10.0. The Morgan fingerprint density at radius 1 is 0.724 bits per heavy atom. The Bertz CT molecular complexity index is 1130. The van der Waals surface area contributed by atoms with Crippen molar-refractivity contribution >= 4 is 22.5 Å². The van der Waals surface area contributed by atoms with Gasteiger partial charge in [-0.3, -0.25) is 0 Å². The number of nitrogens with zero attached hydrogens (tertiary/aromatic N) is 5. The highest BCUT2D eigenvalue weighted by atomic mass is 15.3. The number of benzene rings is 2.